The van der Waals surface area contributed by atoms with Crippen molar-refractivity contribution in [2.75, 3.05) is 11.9 Å². The third kappa shape index (κ3) is 2.48. The van der Waals surface area contributed by atoms with E-state index in [1.807, 2.05) is 31.2 Å². The van der Waals surface area contributed by atoms with E-state index in [4.69, 9.17) is 0 Å². The number of pyridine rings is 1. The summed E-state index contributed by atoms with van der Waals surface area (Å²) in [6.45, 7) is 1.97. The lowest BCUT2D eigenvalue weighted by Crippen LogP contribution is -2.27. The first-order valence-corrected chi connectivity index (χ1v) is 5.61. The fourth-order valence-corrected chi connectivity index (χ4v) is 1.73. The molecule has 0 aliphatic heterocycles. The second-order valence-electron chi connectivity index (χ2n) is 4.14. The molecule has 0 spiro atoms. The SMILES string of the molecule is Cc1cccc(N(C)C(=O)c2cc[nH]c(=O)c2)c1. The molecule has 2 rings (SSSR count). The molecule has 0 saturated carbocycles. The van der Waals surface area contributed by atoms with Gasteiger partial charge in [-0.05, 0) is 30.7 Å². The predicted molar refractivity (Wildman–Crippen MR) is 71.0 cm³/mol. The zero-order valence-corrected chi connectivity index (χ0v) is 10.3. The van der Waals surface area contributed by atoms with E-state index < -0.39 is 0 Å². The van der Waals surface area contributed by atoms with Crippen LogP contribution < -0.4 is 10.5 Å². The van der Waals surface area contributed by atoms with E-state index in [9.17, 15) is 9.59 Å². The van der Waals surface area contributed by atoms with Gasteiger partial charge in [0.25, 0.3) is 5.91 Å². The number of nitrogens with zero attached hydrogens (tertiary/aromatic N) is 1. The van der Waals surface area contributed by atoms with Crippen LogP contribution in [0, 0.1) is 6.92 Å². The maximum atomic E-state index is 12.2. The Hall–Kier alpha value is -2.36. The average molecular weight is 242 g/mol. The molecule has 0 aliphatic carbocycles. The van der Waals surface area contributed by atoms with Crippen molar-refractivity contribution < 1.29 is 4.79 Å². The fourth-order valence-electron chi connectivity index (χ4n) is 1.73. The van der Waals surface area contributed by atoms with Crippen LogP contribution in [-0.2, 0) is 0 Å². The van der Waals surface area contributed by atoms with Crippen molar-refractivity contribution in [2.45, 2.75) is 6.92 Å². The number of H-pyrrole nitrogens is 1. The van der Waals surface area contributed by atoms with Gasteiger partial charge in [-0.2, -0.15) is 0 Å². The van der Waals surface area contributed by atoms with Crippen molar-refractivity contribution in [1.82, 2.24) is 4.98 Å². The number of rotatable bonds is 2. The summed E-state index contributed by atoms with van der Waals surface area (Å²) in [7, 11) is 1.69. The standard InChI is InChI=1S/C14H14N2O2/c1-10-4-3-5-12(8-10)16(2)14(18)11-6-7-15-13(17)9-11/h3-9H,1-2H3,(H,15,17). The van der Waals surface area contributed by atoms with E-state index in [0.717, 1.165) is 11.3 Å². The Kier molecular flexibility index (Phi) is 3.28. The summed E-state index contributed by atoms with van der Waals surface area (Å²) < 4.78 is 0. The first kappa shape index (κ1) is 12.1. The molecular weight excluding hydrogens is 228 g/mol. The minimum Gasteiger partial charge on any atom is -0.329 e. The zero-order chi connectivity index (χ0) is 13.1. The highest BCUT2D eigenvalue weighted by Crippen LogP contribution is 2.16. The molecule has 4 heteroatoms. The van der Waals surface area contributed by atoms with Gasteiger partial charge in [0.2, 0.25) is 5.56 Å². The normalized spacial score (nSPS) is 10.1. The Balaban J connectivity index is 2.32. The topological polar surface area (TPSA) is 53.2 Å². The van der Waals surface area contributed by atoms with Crippen molar-refractivity contribution in [1.29, 1.82) is 0 Å². The maximum absolute atomic E-state index is 12.2. The van der Waals surface area contributed by atoms with Gasteiger partial charge in [0.1, 0.15) is 0 Å². The van der Waals surface area contributed by atoms with Gasteiger partial charge < -0.3 is 9.88 Å². The van der Waals surface area contributed by atoms with Gasteiger partial charge >= 0.3 is 0 Å². The minimum absolute atomic E-state index is 0.202. The first-order valence-electron chi connectivity index (χ1n) is 5.61. The number of aromatic nitrogens is 1. The largest absolute Gasteiger partial charge is 0.329 e. The second kappa shape index (κ2) is 4.87. The highest BCUT2D eigenvalue weighted by atomic mass is 16.2. The molecule has 1 N–H and O–H groups in total. The van der Waals surface area contributed by atoms with Crippen molar-refractivity contribution >= 4 is 11.6 Å². The summed E-state index contributed by atoms with van der Waals surface area (Å²) in [5, 5.41) is 0. The number of carbonyl (C=O) groups is 1. The van der Waals surface area contributed by atoms with Crippen LogP contribution in [0.4, 0.5) is 5.69 Å². The number of nitrogens with one attached hydrogen (secondary N) is 1. The van der Waals surface area contributed by atoms with Gasteiger partial charge in [-0.15, -0.1) is 0 Å². The summed E-state index contributed by atoms with van der Waals surface area (Å²) in [5.74, 6) is -0.202. The lowest BCUT2D eigenvalue weighted by molar-refractivity contribution is 0.0993. The van der Waals surface area contributed by atoms with E-state index >= 15 is 0 Å². The molecule has 18 heavy (non-hydrogen) atoms. The first-order chi connectivity index (χ1) is 8.58. The Morgan fingerprint density at radius 1 is 1.22 bits per heavy atom. The molecule has 92 valence electrons. The fraction of sp³-hybridized carbons (Fsp3) is 0.143. The van der Waals surface area contributed by atoms with Crippen LogP contribution in [0.25, 0.3) is 0 Å². The Labute approximate surface area is 105 Å². The number of anilines is 1. The quantitative estimate of drug-likeness (QED) is 0.875. The minimum atomic E-state index is -0.279. The smallest absolute Gasteiger partial charge is 0.258 e. The molecule has 1 aromatic carbocycles. The van der Waals surface area contributed by atoms with Crippen molar-refractivity contribution in [3.05, 3.63) is 64.1 Å². The summed E-state index contributed by atoms with van der Waals surface area (Å²) in [6.07, 6.45) is 1.47. The van der Waals surface area contributed by atoms with E-state index in [2.05, 4.69) is 4.98 Å². The number of hydrogen-bond donors (Lipinski definition) is 1. The third-order valence-electron chi connectivity index (χ3n) is 2.72. The van der Waals surface area contributed by atoms with E-state index in [-0.39, 0.29) is 11.5 Å². The molecule has 0 aliphatic rings. The Morgan fingerprint density at radius 3 is 2.67 bits per heavy atom. The van der Waals surface area contributed by atoms with Crippen LogP contribution in [0.3, 0.4) is 0 Å². The highest BCUT2D eigenvalue weighted by molar-refractivity contribution is 6.05. The molecule has 1 amide bonds. The number of carbonyl (C=O) groups excluding carboxylic acids is 1. The Morgan fingerprint density at radius 2 is 2.00 bits per heavy atom. The summed E-state index contributed by atoms with van der Waals surface area (Å²) in [6, 6.07) is 10.5. The number of benzene rings is 1. The number of aryl methyl sites for hydroxylation is 1. The molecular formula is C14H14N2O2. The Bertz CT molecular complexity index is 631. The summed E-state index contributed by atoms with van der Waals surface area (Å²) in [4.78, 5) is 27.4. The molecule has 0 atom stereocenters. The zero-order valence-electron chi connectivity index (χ0n) is 10.3. The number of hydrogen-bond acceptors (Lipinski definition) is 2. The van der Waals surface area contributed by atoms with Crippen LogP contribution in [-0.4, -0.2) is 17.9 Å². The summed E-state index contributed by atoms with van der Waals surface area (Å²) in [5.41, 5.74) is 1.99. The molecule has 1 heterocycles. The van der Waals surface area contributed by atoms with Crippen LogP contribution in [0.15, 0.2) is 47.4 Å². The van der Waals surface area contributed by atoms with Gasteiger partial charge in [-0.3, -0.25) is 9.59 Å². The highest BCUT2D eigenvalue weighted by Gasteiger charge is 2.13. The monoisotopic (exact) mass is 242 g/mol. The average Bonchev–Trinajstić information content (AvgIpc) is 2.37. The molecule has 0 fully saturated rings. The van der Waals surface area contributed by atoms with Gasteiger partial charge in [-0.25, -0.2) is 0 Å². The number of aromatic amines is 1. The van der Waals surface area contributed by atoms with Crippen molar-refractivity contribution in [2.24, 2.45) is 0 Å². The third-order valence-corrected chi connectivity index (χ3v) is 2.72. The van der Waals surface area contributed by atoms with Gasteiger partial charge in [0.15, 0.2) is 0 Å². The summed E-state index contributed by atoms with van der Waals surface area (Å²) >= 11 is 0. The molecule has 2 aromatic rings. The lowest BCUT2D eigenvalue weighted by Gasteiger charge is -2.17. The lowest BCUT2D eigenvalue weighted by atomic mass is 10.2. The van der Waals surface area contributed by atoms with Crippen LogP contribution in [0.2, 0.25) is 0 Å². The van der Waals surface area contributed by atoms with Crippen LogP contribution in [0.1, 0.15) is 15.9 Å². The molecule has 0 radical (unpaired) electrons. The number of amides is 1. The van der Waals surface area contributed by atoms with Gasteiger partial charge in [-0.1, -0.05) is 12.1 Å². The predicted octanol–water partition coefficient (Wildman–Crippen LogP) is 1.96. The van der Waals surface area contributed by atoms with E-state index in [0.29, 0.717) is 5.56 Å². The molecule has 1 aromatic heterocycles. The van der Waals surface area contributed by atoms with Crippen molar-refractivity contribution in [3.63, 3.8) is 0 Å². The van der Waals surface area contributed by atoms with Gasteiger partial charge in [0.05, 0.1) is 0 Å². The second-order valence-corrected chi connectivity index (χ2v) is 4.14. The van der Waals surface area contributed by atoms with E-state index in [1.165, 1.54) is 17.2 Å². The molecule has 0 unspecified atom stereocenters. The molecule has 0 saturated heterocycles. The maximum Gasteiger partial charge on any atom is 0.258 e. The molecule has 4 nitrogen and oxygen atoms in total. The van der Waals surface area contributed by atoms with Crippen LogP contribution in [0.5, 0.6) is 0 Å². The molecule has 0 bridgehead atoms. The van der Waals surface area contributed by atoms with Gasteiger partial charge in [0, 0.05) is 30.6 Å². The van der Waals surface area contributed by atoms with E-state index in [1.54, 1.807) is 13.1 Å². The van der Waals surface area contributed by atoms with Crippen molar-refractivity contribution in [3.8, 4) is 0 Å². The van der Waals surface area contributed by atoms with Crippen LogP contribution >= 0.6 is 0 Å².